The van der Waals surface area contributed by atoms with E-state index in [1.165, 1.54) is 13.8 Å². The van der Waals surface area contributed by atoms with Crippen molar-refractivity contribution < 1.29 is 19.8 Å². The number of carboxylic acids is 2. The average molecular weight is 327 g/mol. The van der Waals surface area contributed by atoms with Crippen molar-refractivity contribution in [3.8, 4) is 0 Å². The molecule has 0 aromatic carbocycles. The van der Waals surface area contributed by atoms with Crippen LogP contribution in [-0.2, 0) is 9.59 Å². The van der Waals surface area contributed by atoms with E-state index in [0.717, 1.165) is 23.0 Å². The van der Waals surface area contributed by atoms with Crippen molar-refractivity contribution in [3.63, 3.8) is 0 Å². The van der Waals surface area contributed by atoms with E-state index in [-0.39, 0.29) is 11.1 Å². The first-order valence-electron chi connectivity index (χ1n) is 5.27. The second-order valence-electron chi connectivity index (χ2n) is 3.23. The summed E-state index contributed by atoms with van der Waals surface area (Å²) >= 11 is 10.00. The van der Waals surface area contributed by atoms with Gasteiger partial charge in [0.15, 0.2) is 0 Å². The summed E-state index contributed by atoms with van der Waals surface area (Å²) in [7, 11) is 0. The van der Waals surface area contributed by atoms with Crippen LogP contribution in [0.5, 0.6) is 0 Å². The zero-order chi connectivity index (χ0) is 15.8. The van der Waals surface area contributed by atoms with Gasteiger partial charge in [-0.25, -0.2) is 9.59 Å². The highest BCUT2D eigenvalue weighted by molar-refractivity contribution is 8.00. The lowest BCUT2D eigenvalue weighted by Gasteiger charge is -1.90. The molecule has 0 aliphatic heterocycles. The number of aliphatic carboxylic acids is 2. The van der Waals surface area contributed by atoms with E-state index < -0.39 is 11.9 Å². The number of thioether (sulfide) groups is 1. The summed E-state index contributed by atoms with van der Waals surface area (Å²) in [6, 6.07) is 0. The van der Waals surface area contributed by atoms with Gasteiger partial charge in [-0.15, -0.1) is 0 Å². The molecule has 0 radical (unpaired) electrons. The molecule has 0 aliphatic carbocycles. The largest absolute Gasteiger partial charge is 0.478 e. The van der Waals surface area contributed by atoms with Crippen LogP contribution in [0.25, 0.3) is 0 Å². The molecule has 0 fully saturated rings. The summed E-state index contributed by atoms with van der Waals surface area (Å²) in [5.74, 6) is 2.41. The van der Waals surface area contributed by atoms with Crippen LogP contribution in [0, 0.1) is 0 Å². The van der Waals surface area contributed by atoms with Crippen molar-refractivity contribution in [2.75, 3.05) is 23.0 Å². The van der Waals surface area contributed by atoms with E-state index in [1.54, 1.807) is 0 Å². The molecule has 0 aromatic rings. The highest BCUT2D eigenvalue weighted by Crippen LogP contribution is 1.99. The Labute approximate surface area is 130 Å². The number of hydrogen-bond donors (Lipinski definition) is 4. The number of thiol groups is 2. The van der Waals surface area contributed by atoms with Crippen LogP contribution in [0.15, 0.2) is 24.3 Å². The van der Waals surface area contributed by atoms with E-state index in [2.05, 4.69) is 38.4 Å². The van der Waals surface area contributed by atoms with E-state index in [9.17, 15) is 9.59 Å². The number of carboxylic acid groups (broad SMARTS) is 2. The number of carbonyl (C=O) groups is 2. The standard InChI is InChI=1S/2C4H6O2.C4H10S3/c2*1-3(2)4(5)6;5-1-3-7-4-2-6/h2*1H2,2H3,(H,5,6);5-6H,1-4H2. The van der Waals surface area contributed by atoms with Gasteiger partial charge in [0.05, 0.1) is 0 Å². The van der Waals surface area contributed by atoms with Gasteiger partial charge in [0, 0.05) is 22.7 Å². The quantitative estimate of drug-likeness (QED) is 0.343. The van der Waals surface area contributed by atoms with E-state index >= 15 is 0 Å². The molecule has 112 valence electrons. The molecule has 2 N–H and O–H groups in total. The molecule has 0 saturated heterocycles. The minimum Gasteiger partial charge on any atom is -0.478 e. The van der Waals surface area contributed by atoms with Gasteiger partial charge in [0.2, 0.25) is 0 Å². The summed E-state index contributed by atoms with van der Waals surface area (Å²) in [6.07, 6.45) is 0. The molecule has 0 aliphatic rings. The second-order valence-corrected chi connectivity index (χ2v) is 5.35. The topological polar surface area (TPSA) is 74.6 Å². The van der Waals surface area contributed by atoms with Crippen LogP contribution in [0.1, 0.15) is 13.8 Å². The van der Waals surface area contributed by atoms with Crippen molar-refractivity contribution in [1.82, 2.24) is 0 Å². The second kappa shape index (κ2) is 17.5. The monoisotopic (exact) mass is 326 g/mol. The van der Waals surface area contributed by atoms with Gasteiger partial charge in [0.25, 0.3) is 0 Å². The normalized spacial score (nSPS) is 8.21. The van der Waals surface area contributed by atoms with Crippen LogP contribution in [0.2, 0.25) is 0 Å². The highest BCUT2D eigenvalue weighted by Gasteiger charge is 1.90. The smallest absolute Gasteiger partial charge is 0.330 e. The third-order valence-electron chi connectivity index (χ3n) is 1.20. The molecule has 0 spiro atoms. The van der Waals surface area contributed by atoms with Gasteiger partial charge in [-0.3, -0.25) is 0 Å². The first-order valence-corrected chi connectivity index (χ1v) is 7.69. The van der Waals surface area contributed by atoms with E-state index in [0.29, 0.717) is 0 Å². The SMILES string of the molecule is C=C(C)C(=O)O.C=C(C)C(=O)O.SCCSCCS. The molecule has 19 heavy (non-hydrogen) atoms. The lowest BCUT2D eigenvalue weighted by Crippen LogP contribution is -1.92. The van der Waals surface area contributed by atoms with Crippen LogP contribution in [0.3, 0.4) is 0 Å². The van der Waals surface area contributed by atoms with E-state index in [4.69, 9.17) is 10.2 Å². The summed E-state index contributed by atoms with van der Waals surface area (Å²) in [5, 5.41) is 15.8. The van der Waals surface area contributed by atoms with Gasteiger partial charge < -0.3 is 10.2 Å². The third-order valence-corrected chi connectivity index (χ3v) is 3.24. The first-order chi connectivity index (χ1) is 8.70. The number of hydrogen-bond acceptors (Lipinski definition) is 5. The molecule has 0 atom stereocenters. The molecule has 4 nitrogen and oxygen atoms in total. The molecule has 0 unspecified atom stereocenters. The lowest BCUT2D eigenvalue weighted by molar-refractivity contribution is -0.133. The highest BCUT2D eigenvalue weighted by atomic mass is 32.2. The van der Waals surface area contributed by atoms with Crippen molar-refractivity contribution in [2.24, 2.45) is 0 Å². The van der Waals surface area contributed by atoms with Crippen molar-refractivity contribution in [1.29, 1.82) is 0 Å². The van der Waals surface area contributed by atoms with Gasteiger partial charge in [-0.2, -0.15) is 37.0 Å². The van der Waals surface area contributed by atoms with Gasteiger partial charge in [-0.05, 0) is 25.4 Å². The first kappa shape index (κ1) is 23.6. The fraction of sp³-hybridized carbons (Fsp3) is 0.500. The zero-order valence-electron chi connectivity index (χ0n) is 11.3. The Morgan fingerprint density at radius 2 is 1.16 bits per heavy atom. The van der Waals surface area contributed by atoms with Gasteiger partial charge >= 0.3 is 11.9 Å². The van der Waals surface area contributed by atoms with E-state index in [1.807, 2.05) is 11.8 Å². The molecule has 0 saturated carbocycles. The summed E-state index contributed by atoms with van der Waals surface area (Å²) in [6.45, 7) is 9.20. The predicted octanol–water partition coefficient (Wildman–Crippen LogP) is 2.87. The summed E-state index contributed by atoms with van der Waals surface area (Å²) in [5.41, 5.74) is 0.352. The van der Waals surface area contributed by atoms with Crippen LogP contribution >= 0.6 is 37.0 Å². The molecule has 0 amide bonds. The number of rotatable bonds is 6. The van der Waals surface area contributed by atoms with Crippen molar-refractivity contribution >= 4 is 49.0 Å². The fourth-order valence-electron chi connectivity index (χ4n) is 0.231. The molecule has 7 heteroatoms. The third kappa shape index (κ3) is 31.8. The minimum absolute atomic E-state index is 0.176. The Bertz CT molecular complexity index is 239. The molecule has 0 bridgehead atoms. The lowest BCUT2D eigenvalue weighted by atomic mass is 10.4. The van der Waals surface area contributed by atoms with Crippen LogP contribution in [0.4, 0.5) is 0 Å². The summed E-state index contributed by atoms with van der Waals surface area (Å²) in [4.78, 5) is 19.2. The van der Waals surface area contributed by atoms with Crippen LogP contribution < -0.4 is 0 Å². The maximum Gasteiger partial charge on any atom is 0.330 e. The van der Waals surface area contributed by atoms with Crippen molar-refractivity contribution in [3.05, 3.63) is 24.3 Å². The fourth-order valence-corrected chi connectivity index (χ4v) is 1.47. The van der Waals surface area contributed by atoms with Gasteiger partial charge in [0.1, 0.15) is 0 Å². The summed E-state index contributed by atoms with van der Waals surface area (Å²) < 4.78 is 0. The van der Waals surface area contributed by atoms with Crippen LogP contribution in [-0.4, -0.2) is 45.2 Å². The Hall–Kier alpha value is -0.530. The Balaban J connectivity index is -0.000000203. The average Bonchev–Trinajstić information content (AvgIpc) is 2.31. The Morgan fingerprint density at radius 3 is 1.26 bits per heavy atom. The molecule has 0 heterocycles. The molecular weight excluding hydrogens is 304 g/mol. The minimum atomic E-state index is -0.935. The zero-order valence-corrected chi connectivity index (χ0v) is 13.9. The maximum atomic E-state index is 9.60. The Morgan fingerprint density at radius 1 is 0.947 bits per heavy atom. The maximum absolute atomic E-state index is 9.60. The molecule has 0 rings (SSSR count). The Kier molecular flexibility index (Phi) is 21.7. The molecule has 0 aromatic heterocycles. The van der Waals surface area contributed by atoms with Gasteiger partial charge in [-0.1, -0.05) is 13.2 Å². The predicted molar refractivity (Wildman–Crippen MR) is 89.9 cm³/mol. The van der Waals surface area contributed by atoms with Crippen molar-refractivity contribution in [2.45, 2.75) is 13.8 Å². The molecular formula is C12H22O4S3.